The van der Waals surface area contributed by atoms with Crippen molar-refractivity contribution in [3.8, 4) is 0 Å². The molecule has 1 rings (SSSR count). The first-order valence-electron chi connectivity index (χ1n) is 5.78. The van der Waals surface area contributed by atoms with Gasteiger partial charge in [0, 0.05) is 16.1 Å². The first-order chi connectivity index (χ1) is 8.20. The Bertz CT molecular complexity index is 468. The van der Waals surface area contributed by atoms with Crippen LogP contribution in [0.1, 0.15) is 32.4 Å². The molecule has 0 aliphatic carbocycles. The predicted molar refractivity (Wildman–Crippen MR) is 74.2 cm³/mol. The normalized spacial score (nSPS) is 14.4. The smallest absolute Gasteiger partial charge is 0.233 e. The molecule has 0 aromatic heterocycles. The topological polar surface area (TPSA) is 43.4 Å². The summed E-state index contributed by atoms with van der Waals surface area (Å²) in [4.78, 5) is 0. The van der Waals surface area contributed by atoms with E-state index in [0.717, 1.165) is 5.56 Å². The van der Waals surface area contributed by atoms with Crippen LogP contribution < -0.4 is 0 Å². The number of rotatable bonds is 6. The Morgan fingerprint density at radius 2 is 1.83 bits per heavy atom. The van der Waals surface area contributed by atoms with E-state index in [1.165, 1.54) is 0 Å². The van der Waals surface area contributed by atoms with Crippen LogP contribution in [0, 0.1) is 5.41 Å². The predicted octanol–water partition coefficient (Wildman–Crippen LogP) is 3.36. The molecule has 0 saturated heterocycles. The second kappa shape index (κ2) is 6.04. The van der Waals surface area contributed by atoms with Crippen molar-refractivity contribution in [3.05, 3.63) is 35.9 Å². The lowest BCUT2D eigenvalue weighted by atomic mass is 9.98. The van der Waals surface area contributed by atoms with Crippen molar-refractivity contribution in [3.63, 3.8) is 0 Å². The quantitative estimate of drug-likeness (QED) is 0.755. The van der Waals surface area contributed by atoms with Crippen LogP contribution in [0.4, 0.5) is 0 Å². The lowest BCUT2D eigenvalue weighted by Crippen LogP contribution is -2.27. The molecular formula is C13H19ClO3S. The summed E-state index contributed by atoms with van der Waals surface area (Å²) in [6.45, 7) is 5.94. The molecule has 3 nitrogen and oxygen atoms in total. The van der Waals surface area contributed by atoms with Crippen LogP contribution in [-0.2, 0) is 13.8 Å². The Morgan fingerprint density at radius 3 is 2.33 bits per heavy atom. The van der Waals surface area contributed by atoms with Crippen LogP contribution in [0.2, 0.25) is 0 Å². The first kappa shape index (κ1) is 15.5. The van der Waals surface area contributed by atoms with Crippen molar-refractivity contribution in [2.45, 2.75) is 26.9 Å². The Kier molecular flexibility index (Phi) is 5.20. The van der Waals surface area contributed by atoms with Gasteiger partial charge in [-0.2, -0.15) is 0 Å². The van der Waals surface area contributed by atoms with E-state index in [0.29, 0.717) is 6.61 Å². The Balaban J connectivity index is 2.55. The maximum absolute atomic E-state index is 11.1. The lowest BCUT2D eigenvalue weighted by Gasteiger charge is -2.25. The Labute approximate surface area is 114 Å². The van der Waals surface area contributed by atoms with Crippen molar-refractivity contribution in [1.29, 1.82) is 0 Å². The number of benzene rings is 1. The van der Waals surface area contributed by atoms with Gasteiger partial charge < -0.3 is 4.74 Å². The fourth-order valence-electron chi connectivity index (χ4n) is 1.68. The summed E-state index contributed by atoms with van der Waals surface area (Å²) in [7, 11) is 1.76. The highest BCUT2D eigenvalue weighted by atomic mass is 35.7. The van der Waals surface area contributed by atoms with E-state index in [2.05, 4.69) is 0 Å². The highest BCUT2D eigenvalue weighted by Gasteiger charge is 2.26. The van der Waals surface area contributed by atoms with Gasteiger partial charge in [-0.15, -0.1) is 0 Å². The molecule has 1 unspecified atom stereocenters. The average molecular weight is 291 g/mol. The van der Waals surface area contributed by atoms with E-state index < -0.39 is 14.5 Å². The van der Waals surface area contributed by atoms with E-state index in [1.54, 1.807) is 0 Å². The van der Waals surface area contributed by atoms with Gasteiger partial charge in [0.1, 0.15) is 0 Å². The van der Waals surface area contributed by atoms with E-state index >= 15 is 0 Å². The molecule has 0 spiro atoms. The van der Waals surface area contributed by atoms with Gasteiger partial charge in [0.15, 0.2) is 0 Å². The third kappa shape index (κ3) is 5.85. The van der Waals surface area contributed by atoms with E-state index in [-0.39, 0.29) is 11.9 Å². The van der Waals surface area contributed by atoms with Gasteiger partial charge in [0.2, 0.25) is 9.05 Å². The van der Waals surface area contributed by atoms with Crippen molar-refractivity contribution in [1.82, 2.24) is 0 Å². The maximum Gasteiger partial charge on any atom is 0.233 e. The van der Waals surface area contributed by atoms with E-state index in [9.17, 15) is 8.42 Å². The summed E-state index contributed by atoms with van der Waals surface area (Å²) in [5, 5.41) is 0. The summed E-state index contributed by atoms with van der Waals surface area (Å²) in [5.74, 6) is -0.0942. The van der Waals surface area contributed by atoms with Gasteiger partial charge in [-0.3, -0.25) is 0 Å². The Morgan fingerprint density at radius 1 is 1.28 bits per heavy atom. The molecule has 0 heterocycles. The van der Waals surface area contributed by atoms with E-state index in [1.807, 2.05) is 51.1 Å². The molecule has 1 aromatic rings. The largest absolute Gasteiger partial charge is 0.373 e. The molecule has 1 atom stereocenters. The maximum atomic E-state index is 11.1. The van der Waals surface area contributed by atoms with Crippen molar-refractivity contribution < 1.29 is 13.2 Å². The number of halogens is 1. The molecule has 0 bridgehead atoms. The van der Waals surface area contributed by atoms with Crippen molar-refractivity contribution in [2.75, 3.05) is 12.4 Å². The average Bonchev–Trinajstić information content (AvgIpc) is 2.24. The van der Waals surface area contributed by atoms with E-state index in [4.69, 9.17) is 15.4 Å². The van der Waals surface area contributed by atoms with Gasteiger partial charge in [-0.1, -0.05) is 44.2 Å². The second-order valence-electron chi connectivity index (χ2n) is 5.21. The van der Waals surface area contributed by atoms with Crippen LogP contribution >= 0.6 is 10.7 Å². The zero-order chi connectivity index (χ0) is 13.8. The molecule has 0 fully saturated rings. The third-order valence-electron chi connectivity index (χ3n) is 2.56. The van der Waals surface area contributed by atoms with Gasteiger partial charge in [-0.05, 0) is 12.5 Å². The van der Waals surface area contributed by atoms with Crippen LogP contribution in [0.3, 0.4) is 0 Å². The molecule has 0 aliphatic rings. The zero-order valence-corrected chi connectivity index (χ0v) is 12.5. The highest BCUT2D eigenvalue weighted by Crippen LogP contribution is 2.24. The molecule has 18 heavy (non-hydrogen) atoms. The molecule has 1 aromatic carbocycles. The molecule has 0 saturated carbocycles. The summed E-state index contributed by atoms with van der Waals surface area (Å²) in [5.41, 5.74) is 0.575. The van der Waals surface area contributed by atoms with Gasteiger partial charge in [-0.25, -0.2) is 8.42 Å². The fourth-order valence-corrected chi connectivity index (χ4v) is 3.58. The molecule has 0 amide bonds. The minimum atomic E-state index is -3.50. The molecule has 5 heteroatoms. The second-order valence-corrected chi connectivity index (χ2v) is 7.99. The van der Waals surface area contributed by atoms with Crippen LogP contribution in [-0.4, -0.2) is 20.8 Å². The number of ether oxygens (including phenoxy) is 1. The van der Waals surface area contributed by atoms with Gasteiger partial charge in [0.25, 0.3) is 0 Å². The monoisotopic (exact) mass is 290 g/mol. The van der Waals surface area contributed by atoms with Crippen molar-refractivity contribution in [2.24, 2.45) is 5.41 Å². The first-order valence-corrected chi connectivity index (χ1v) is 8.26. The van der Waals surface area contributed by atoms with Crippen LogP contribution in [0.5, 0.6) is 0 Å². The minimum absolute atomic E-state index is 0.0662. The van der Waals surface area contributed by atoms with Gasteiger partial charge in [0.05, 0.1) is 18.5 Å². The highest BCUT2D eigenvalue weighted by molar-refractivity contribution is 8.13. The molecular weight excluding hydrogens is 272 g/mol. The number of hydrogen-bond acceptors (Lipinski definition) is 3. The Hall–Kier alpha value is -0.580. The summed E-state index contributed by atoms with van der Waals surface area (Å²) in [6.07, 6.45) is -0.0662. The van der Waals surface area contributed by atoms with Crippen LogP contribution in [0.25, 0.3) is 0 Å². The molecule has 0 N–H and O–H groups in total. The summed E-state index contributed by atoms with van der Waals surface area (Å²) < 4.78 is 27.9. The molecule has 102 valence electrons. The van der Waals surface area contributed by atoms with Gasteiger partial charge >= 0.3 is 0 Å². The third-order valence-corrected chi connectivity index (χ3v) is 4.01. The minimum Gasteiger partial charge on any atom is -0.373 e. The van der Waals surface area contributed by atoms with Crippen LogP contribution in [0.15, 0.2) is 30.3 Å². The standard InChI is InChI=1S/C13H19ClO3S/c1-11(12-7-5-4-6-8-12)17-9-13(2,3)10-18(14,15)16/h4-8,11H,9-10H2,1-3H3. The molecule has 0 radical (unpaired) electrons. The zero-order valence-electron chi connectivity index (χ0n) is 10.9. The SMILES string of the molecule is CC(OCC(C)(C)CS(=O)(=O)Cl)c1ccccc1. The molecule has 0 aliphatic heterocycles. The summed E-state index contributed by atoms with van der Waals surface area (Å²) >= 11 is 0. The van der Waals surface area contributed by atoms with Crippen molar-refractivity contribution >= 4 is 19.7 Å². The fraction of sp³-hybridized carbons (Fsp3) is 0.538. The summed E-state index contributed by atoms with van der Waals surface area (Å²) in [6, 6.07) is 9.80. The number of hydrogen-bond donors (Lipinski definition) is 0. The lowest BCUT2D eigenvalue weighted by molar-refractivity contribution is 0.0188.